The lowest BCUT2D eigenvalue weighted by molar-refractivity contribution is -0.572. The summed E-state index contributed by atoms with van der Waals surface area (Å²) in [6, 6.07) is 24.1. The molecular weight excluding hydrogens is 804 g/mol. The summed E-state index contributed by atoms with van der Waals surface area (Å²) in [5.74, 6) is 1.31. The van der Waals surface area contributed by atoms with Crippen molar-refractivity contribution in [3.8, 4) is 28.7 Å². The molecule has 12 nitrogen and oxygen atoms in total. The molecule has 0 aliphatic rings. The monoisotopic (exact) mass is 820 g/mol. The van der Waals surface area contributed by atoms with Gasteiger partial charge in [-0.05, 0) is 48.5 Å². The van der Waals surface area contributed by atoms with Crippen LogP contribution in [0.1, 0.15) is 0 Å². The van der Waals surface area contributed by atoms with Gasteiger partial charge >= 0.3 is 11.6 Å². The minimum absolute atomic E-state index is 0.654. The van der Waals surface area contributed by atoms with Gasteiger partial charge in [0.25, 0.3) is 0 Å². The number of hydrogen-bond donors (Lipinski definition) is 0. The maximum absolute atomic E-state index is 4.93. The lowest BCUT2D eigenvalue weighted by Crippen LogP contribution is -2.33. The molecule has 48 heavy (non-hydrogen) atoms. The third-order valence-electron chi connectivity index (χ3n) is 8.02. The highest BCUT2D eigenvalue weighted by Gasteiger charge is 2.24. The van der Waals surface area contributed by atoms with E-state index in [4.69, 9.17) is 10.2 Å². The van der Waals surface area contributed by atoms with E-state index >= 15 is 0 Å². The molecule has 0 spiro atoms. The van der Waals surface area contributed by atoms with E-state index < -0.39 is 0 Å². The van der Waals surface area contributed by atoms with Crippen molar-refractivity contribution < 1.29 is 9.13 Å². The molecule has 0 aliphatic carbocycles. The van der Waals surface area contributed by atoms with Gasteiger partial charge in [0.2, 0.25) is 0 Å². The SMILES string of the molecule is Brc1ccc2c(-n3cc(-[n+]4ccc(-n5ncc(-[n+]6ccc(-n7cncn7)c7ccc(Br)cc76)n5)c5ccc(Br)cc54)nn3)ccnc2c1. The van der Waals surface area contributed by atoms with Gasteiger partial charge in [-0.2, -0.15) is 18.9 Å². The summed E-state index contributed by atoms with van der Waals surface area (Å²) in [4.78, 5) is 10.3. The fourth-order valence-electron chi connectivity index (χ4n) is 5.85. The first-order chi connectivity index (χ1) is 23.5. The molecule has 15 heteroatoms. The van der Waals surface area contributed by atoms with Gasteiger partial charge in [0, 0.05) is 54.7 Å². The minimum atomic E-state index is 0.654. The first-order valence-corrected chi connectivity index (χ1v) is 16.9. The summed E-state index contributed by atoms with van der Waals surface area (Å²) in [5, 5.41) is 25.9. The minimum Gasteiger partial charge on any atom is -0.256 e. The predicted molar refractivity (Wildman–Crippen MR) is 188 cm³/mol. The average molecular weight is 823 g/mol. The van der Waals surface area contributed by atoms with Crippen molar-refractivity contribution in [1.82, 2.24) is 49.7 Å². The highest BCUT2D eigenvalue weighted by molar-refractivity contribution is 9.11. The zero-order chi connectivity index (χ0) is 32.4. The second kappa shape index (κ2) is 11.5. The van der Waals surface area contributed by atoms with Crippen molar-refractivity contribution in [3.05, 3.63) is 130 Å². The molecule has 0 saturated heterocycles. The summed E-state index contributed by atoms with van der Waals surface area (Å²) >= 11 is 10.8. The molecule has 0 fully saturated rings. The van der Waals surface area contributed by atoms with E-state index in [9.17, 15) is 0 Å². The molecule has 0 amide bonds. The molecule has 0 unspecified atom stereocenters. The van der Waals surface area contributed by atoms with Crippen LogP contribution < -0.4 is 9.13 Å². The number of pyridine rings is 3. The maximum atomic E-state index is 4.93. The number of aromatic nitrogens is 12. The van der Waals surface area contributed by atoms with Crippen molar-refractivity contribution in [3.63, 3.8) is 0 Å². The Balaban J connectivity index is 1.13. The van der Waals surface area contributed by atoms with Gasteiger partial charge in [-0.1, -0.05) is 52.6 Å². The third kappa shape index (κ3) is 4.89. The standard InChI is InChI=1S/C33H19Br3N12/c34-20-1-4-23-26(13-20)38-10-7-27(23)46-17-33(41-43-46)45-12-9-29(25-6-3-22(36)15-31(25)45)48-39-16-32(42-48)44-11-8-28(47-19-37-18-40-47)24-5-2-21(35)14-30(24)44/h1-19H/q+2. The first-order valence-electron chi connectivity index (χ1n) is 14.5. The predicted octanol–water partition coefficient (Wildman–Crippen LogP) is 6.12. The van der Waals surface area contributed by atoms with Crippen molar-refractivity contribution in [2.75, 3.05) is 0 Å². The van der Waals surface area contributed by atoms with Crippen LogP contribution in [0.2, 0.25) is 0 Å². The van der Waals surface area contributed by atoms with Crippen LogP contribution in [0.5, 0.6) is 0 Å². The molecule has 0 atom stereocenters. The highest BCUT2D eigenvalue weighted by Crippen LogP contribution is 2.27. The zero-order valence-corrected chi connectivity index (χ0v) is 29.2. The Kier molecular flexibility index (Phi) is 6.91. The van der Waals surface area contributed by atoms with Crippen LogP contribution >= 0.6 is 47.8 Å². The van der Waals surface area contributed by atoms with Crippen molar-refractivity contribution >= 4 is 80.5 Å². The van der Waals surface area contributed by atoms with Crippen LogP contribution in [0, 0.1) is 0 Å². The Morgan fingerprint density at radius 2 is 1.29 bits per heavy atom. The molecule has 9 rings (SSSR count). The number of fused-ring (bicyclic) bond motifs is 3. The second-order valence-electron chi connectivity index (χ2n) is 10.8. The Bertz CT molecular complexity index is 2680. The molecule has 0 saturated carbocycles. The molecule has 0 bridgehead atoms. The van der Waals surface area contributed by atoms with Crippen LogP contribution in [0.3, 0.4) is 0 Å². The van der Waals surface area contributed by atoms with Crippen LogP contribution in [0.25, 0.3) is 61.4 Å². The molecule has 9 aromatic rings. The van der Waals surface area contributed by atoms with Gasteiger partial charge < -0.3 is 0 Å². The van der Waals surface area contributed by atoms with Gasteiger partial charge in [0.15, 0.2) is 0 Å². The highest BCUT2D eigenvalue weighted by atomic mass is 79.9. The maximum Gasteiger partial charge on any atom is 0.376 e. The van der Waals surface area contributed by atoms with E-state index in [1.54, 1.807) is 32.9 Å². The molecule has 6 aromatic heterocycles. The second-order valence-corrected chi connectivity index (χ2v) is 13.6. The number of rotatable bonds is 5. The van der Waals surface area contributed by atoms with Crippen molar-refractivity contribution in [2.45, 2.75) is 0 Å². The van der Waals surface area contributed by atoms with Crippen LogP contribution in [-0.2, 0) is 0 Å². The van der Waals surface area contributed by atoms with E-state index in [0.717, 1.165) is 63.2 Å². The van der Waals surface area contributed by atoms with Gasteiger partial charge in [0.1, 0.15) is 46.9 Å². The first kappa shape index (κ1) is 28.9. The van der Waals surface area contributed by atoms with E-state index in [-0.39, 0.29) is 0 Å². The number of halogens is 3. The lowest BCUT2D eigenvalue weighted by Gasteiger charge is -2.07. The van der Waals surface area contributed by atoms with Gasteiger partial charge in [-0.3, -0.25) is 4.98 Å². The summed E-state index contributed by atoms with van der Waals surface area (Å²) < 4.78 is 10.4. The average Bonchev–Trinajstić information content (AvgIpc) is 3.90. The van der Waals surface area contributed by atoms with Crippen LogP contribution in [0.15, 0.2) is 130 Å². The molecule has 0 aliphatic heterocycles. The number of hydrogen-bond acceptors (Lipinski definition) is 7. The topological polar surface area (TPSA) is 113 Å². The van der Waals surface area contributed by atoms with Gasteiger partial charge in [0.05, 0.1) is 45.0 Å². The summed E-state index contributed by atoms with van der Waals surface area (Å²) in [7, 11) is 0. The number of nitrogens with zero attached hydrogens (tertiary/aromatic N) is 12. The molecule has 3 aromatic carbocycles. The van der Waals surface area contributed by atoms with Gasteiger partial charge in [-0.25, -0.2) is 9.67 Å². The molecule has 0 radical (unpaired) electrons. The van der Waals surface area contributed by atoms with Crippen LogP contribution in [0.4, 0.5) is 0 Å². The van der Waals surface area contributed by atoms with Crippen LogP contribution in [-0.4, -0.2) is 49.7 Å². The smallest absolute Gasteiger partial charge is 0.256 e. The fraction of sp³-hybridized carbons (Fsp3) is 0. The molecular formula is C33H19Br3N12+2. The fourth-order valence-corrected chi connectivity index (χ4v) is 6.90. The quantitative estimate of drug-likeness (QED) is 0.192. The van der Waals surface area contributed by atoms with E-state index in [1.807, 2.05) is 101 Å². The lowest BCUT2D eigenvalue weighted by atomic mass is 10.2. The van der Waals surface area contributed by atoms with E-state index in [2.05, 4.69) is 73.2 Å². The van der Waals surface area contributed by atoms with Gasteiger partial charge in [-0.15, -0.1) is 5.10 Å². The Morgan fingerprint density at radius 1 is 0.625 bits per heavy atom. The Labute approximate surface area is 296 Å². The normalized spacial score (nSPS) is 11.6. The molecule has 0 N–H and O–H groups in total. The van der Waals surface area contributed by atoms with E-state index in [1.165, 1.54) is 6.33 Å². The molecule has 230 valence electrons. The Morgan fingerprint density at radius 3 is 2.04 bits per heavy atom. The Hall–Kier alpha value is -5.25. The largest absolute Gasteiger partial charge is 0.376 e. The van der Waals surface area contributed by atoms with Crippen molar-refractivity contribution in [2.24, 2.45) is 0 Å². The van der Waals surface area contributed by atoms with E-state index in [0.29, 0.717) is 11.6 Å². The summed E-state index contributed by atoms with van der Waals surface area (Å²) in [5.41, 5.74) is 5.29. The zero-order valence-electron chi connectivity index (χ0n) is 24.5. The number of benzene rings is 3. The van der Waals surface area contributed by atoms with Crippen molar-refractivity contribution in [1.29, 1.82) is 0 Å². The summed E-state index contributed by atoms with van der Waals surface area (Å²) in [6.07, 6.45) is 12.6. The third-order valence-corrected chi connectivity index (χ3v) is 9.50. The molecule has 6 heterocycles. The summed E-state index contributed by atoms with van der Waals surface area (Å²) in [6.45, 7) is 0.